The Labute approximate surface area is 59.5 Å². The Balaban J connectivity index is 3.87. The van der Waals surface area contributed by atoms with Gasteiger partial charge in [-0.15, -0.1) is 0 Å². The van der Waals surface area contributed by atoms with E-state index in [1.807, 2.05) is 0 Å². The van der Waals surface area contributed by atoms with Gasteiger partial charge in [-0.1, -0.05) is 0 Å². The Morgan fingerprint density at radius 1 is 1.45 bits per heavy atom. The molecule has 1 unspecified atom stereocenters. The first-order chi connectivity index (χ1) is 5.04. The maximum absolute atomic E-state index is 12.3. The van der Waals surface area contributed by atoms with Gasteiger partial charge in [-0.2, -0.15) is 13.2 Å². The molecule has 1 radical (unpaired) electrons. The average Bonchev–Trinajstić information content (AvgIpc) is 1.87. The highest BCUT2D eigenvalue weighted by molar-refractivity contribution is 4.48. The first kappa shape index (κ1) is 10.6. The topological polar surface area (TPSA) is 38.4 Å². The Morgan fingerprint density at radius 2 is 2.00 bits per heavy atom. The molecular formula is C4H5F4O3. The molecule has 0 amide bonds. The third-order valence-corrected chi connectivity index (χ3v) is 0.708. The van der Waals surface area contributed by atoms with Crippen LogP contribution in [0.15, 0.2) is 0 Å². The molecule has 3 nitrogen and oxygen atoms in total. The van der Waals surface area contributed by atoms with E-state index in [4.69, 9.17) is 0 Å². The quantitative estimate of drug-likeness (QED) is 0.467. The lowest BCUT2D eigenvalue weighted by Gasteiger charge is -2.19. The minimum atomic E-state index is -3.57. The largest absolute Gasteiger partial charge is 0.354 e. The van der Waals surface area contributed by atoms with Crippen LogP contribution in [0.3, 0.4) is 0 Å². The average molecular weight is 177 g/mol. The molecule has 0 aliphatic carbocycles. The van der Waals surface area contributed by atoms with Crippen molar-refractivity contribution in [3.63, 3.8) is 0 Å². The van der Waals surface area contributed by atoms with Crippen molar-refractivity contribution in [1.82, 2.24) is 0 Å². The van der Waals surface area contributed by atoms with Crippen LogP contribution in [-0.4, -0.2) is 26.1 Å². The third-order valence-electron chi connectivity index (χ3n) is 0.708. The van der Waals surface area contributed by atoms with E-state index in [1.165, 1.54) is 0 Å². The monoisotopic (exact) mass is 177 g/mol. The third kappa shape index (κ3) is 4.12. The zero-order valence-corrected chi connectivity index (χ0v) is 5.23. The molecule has 0 bridgehead atoms. The minimum absolute atomic E-state index is 1.70. The minimum Gasteiger partial charge on any atom is -0.290 e. The zero-order chi connectivity index (χ0) is 8.91. The van der Waals surface area contributed by atoms with Crippen LogP contribution in [-0.2, 0) is 14.6 Å². The Morgan fingerprint density at radius 3 is 2.27 bits per heavy atom. The second kappa shape index (κ2) is 4.47. The molecule has 0 aromatic rings. The number of alkyl halides is 4. The SMILES string of the molecule is [O]CC(F)(OCF)OC(F)F. The molecule has 67 valence electrons. The molecule has 0 rings (SSSR count). The normalized spacial score (nSPS) is 16.9. The van der Waals surface area contributed by atoms with Gasteiger partial charge in [0, 0.05) is 0 Å². The molecular weight excluding hydrogens is 172 g/mol. The van der Waals surface area contributed by atoms with Crippen molar-refractivity contribution in [2.45, 2.75) is 12.7 Å². The highest BCUT2D eigenvalue weighted by Crippen LogP contribution is 2.18. The van der Waals surface area contributed by atoms with Gasteiger partial charge < -0.3 is 0 Å². The van der Waals surface area contributed by atoms with Crippen LogP contribution >= 0.6 is 0 Å². The van der Waals surface area contributed by atoms with E-state index in [0.29, 0.717) is 0 Å². The summed E-state index contributed by atoms with van der Waals surface area (Å²) < 4.78 is 52.4. The van der Waals surface area contributed by atoms with Gasteiger partial charge in [0.2, 0.25) is 0 Å². The van der Waals surface area contributed by atoms with Crippen molar-refractivity contribution in [2.75, 3.05) is 13.5 Å². The molecule has 0 heterocycles. The predicted molar refractivity (Wildman–Crippen MR) is 23.5 cm³/mol. The summed E-state index contributed by atoms with van der Waals surface area (Å²) in [5, 5.41) is 9.75. The molecule has 0 spiro atoms. The first-order valence-electron chi connectivity index (χ1n) is 2.47. The summed E-state index contributed by atoms with van der Waals surface area (Å²) in [6.45, 7) is -6.97. The lowest BCUT2D eigenvalue weighted by molar-refractivity contribution is -0.393. The fourth-order valence-electron chi connectivity index (χ4n) is 0.324. The molecule has 0 fully saturated rings. The maximum Gasteiger partial charge on any atom is 0.354 e. The lowest BCUT2D eigenvalue weighted by atomic mass is 10.6. The summed E-state index contributed by atoms with van der Waals surface area (Å²) in [5.41, 5.74) is 0. The molecule has 0 aliphatic rings. The zero-order valence-electron chi connectivity index (χ0n) is 5.23. The van der Waals surface area contributed by atoms with E-state index < -0.39 is 26.1 Å². The molecule has 11 heavy (non-hydrogen) atoms. The molecule has 1 atom stereocenters. The van der Waals surface area contributed by atoms with Gasteiger partial charge in [-0.05, 0) is 0 Å². The Kier molecular flexibility index (Phi) is 4.31. The fourth-order valence-corrected chi connectivity index (χ4v) is 0.324. The van der Waals surface area contributed by atoms with Crippen molar-refractivity contribution in [2.24, 2.45) is 0 Å². The van der Waals surface area contributed by atoms with Gasteiger partial charge >= 0.3 is 12.7 Å². The molecule has 7 heteroatoms. The van der Waals surface area contributed by atoms with Gasteiger partial charge in [0.1, 0.15) is 0 Å². The standard InChI is InChI=1S/C4H5F4O3/c5-2-10-4(8,1-9)11-3(6)7/h3H,1-2H2. The number of rotatable bonds is 5. The summed E-state index contributed by atoms with van der Waals surface area (Å²) in [6, 6.07) is -3.57. The number of halogens is 4. The number of hydrogen-bond acceptors (Lipinski definition) is 2. The van der Waals surface area contributed by atoms with E-state index >= 15 is 0 Å². The van der Waals surface area contributed by atoms with Crippen LogP contribution in [0.25, 0.3) is 0 Å². The summed E-state index contributed by atoms with van der Waals surface area (Å²) in [5.74, 6) is 0. The van der Waals surface area contributed by atoms with Crippen LogP contribution in [0.5, 0.6) is 0 Å². The van der Waals surface area contributed by atoms with Crippen LogP contribution in [0.1, 0.15) is 0 Å². The Hall–Kier alpha value is -0.400. The molecule has 0 N–H and O–H groups in total. The Bertz CT molecular complexity index is 112. The summed E-state index contributed by atoms with van der Waals surface area (Å²) in [7, 11) is 0. The van der Waals surface area contributed by atoms with E-state index in [2.05, 4.69) is 9.47 Å². The van der Waals surface area contributed by atoms with Gasteiger partial charge in [-0.25, -0.2) is 9.50 Å². The molecule has 0 aromatic heterocycles. The molecule has 0 saturated heterocycles. The van der Waals surface area contributed by atoms with Crippen molar-refractivity contribution in [1.29, 1.82) is 0 Å². The van der Waals surface area contributed by atoms with Crippen molar-refractivity contribution >= 4 is 0 Å². The fraction of sp³-hybridized carbons (Fsp3) is 1.00. The highest BCUT2D eigenvalue weighted by Gasteiger charge is 2.35. The molecule has 0 aromatic carbocycles. The smallest absolute Gasteiger partial charge is 0.290 e. The van der Waals surface area contributed by atoms with Gasteiger partial charge in [0.05, 0.1) is 0 Å². The molecule has 0 aliphatic heterocycles. The van der Waals surface area contributed by atoms with E-state index in [9.17, 15) is 22.7 Å². The molecule has 0 saturated carbocycles. The first-order valence-corrected chi connectivity index (χ1v) is 2.47. The maximum atomic E-state index is 12.3. The van der Waals surface area contributed by atoms with Crippen LogP contribution < -0.4 is 0 Å². The lowest BCUT2D eigenvalue weighted by Crippen LogP contribution is -2.36. The van der Waals surface area contributed by atoms with Crippen LogP contribution in [0.4, 0.5) is 17.6 Å². The van der Waals surface area contributed by atoms with Crippen molar-refractivity contribution in [3.8, 4) is 0 Å². The number of ether oxygens (including phenoxy) is 2. The number of hydrogen-bond donors (Lipinski definition) is 0. The van der Waals surface area contributed by atoms with Crippen molar-refractivity contribution in [3.05, 3.63) is 0 Å². The summed E-state index contributed by atoms with van der Waals surface area (Å²) >= 11 is 0. The summed E-state index contributed by atoms with van der Waals surface area (Å²) in [4.78, 5) is 0. The van der Waals surface area contributed by atoms with E-state index in [1.54, 1.807) is 0 Å². The van der Waals surface area contributed by atoms with Crippen LogP contribution in [0, 0.1) is 0 Å². The van der Waals surface area contributed by atoms with Crippen LogP contribution in [0.2, 0.25) is 0 Å². The predicted octanol–water partition coefficient (Wildman–Crippen LogP) is 1.22. The second-order valence-corrected chi connectivity index (χ2v) is 1.44. The van der Waals surface area contributed by atoms with Gasteiger partial charge in [0.15, 0.2) is 13.5 Å². The summed E-state index contributed by atoms with van der Waals surface area (Å²) in [6.07, 6.45) is 0. The van der Waals surface area contributed by atoms with Gasteiger partial charge in [0.25, 0.3) is 0 Å². The highest BCUT2D eigenvalue weighted by atomic mass is 19.3. The van der Waals surface area contributed by atoms with Crippen molar-refractivity contribution < 1.29 is 32.1 Å². The van der Waals surface area contributed by atoms with E-state index in [0.717, 1.165) is 0 Å². The van der Waals surface area contributed by atoms with Gasteiger partial charge in [-0.3, -0.25) is 9.47 Å². The second-order valence-electron chi connectivity index (χ2n) is 1.44. The van der Waals surface area contributed by atoms with E-state index in [-0.39, 0.29) is 0 Å².